The third-order valence-corrected chi connectivity index (χ3v) is 2.81. The van der Waals surface area contributed by atoms with Gasteiger partial charge in [-0.05, 0) is 18.1 Å². The van der Waals surface area contributed by atoms with Gasteiger partial charge in [0.05, 0.1) is 0 Å². The molecule has 1 fully saturated rings. The first kappa shape index (κ1) is 9.98. The van der Waals surface area contributed by atoms with Gasteiger partial charge in [-0.1, -0.05) is 18.2 Å². The van der Waals surface area contributed by atoms with Crippen molar-refractivity contribution in [2.45, 2.75) is 18.4 Å². The van der Waals surface area contributed by atoms with E-state index < -0.39 is 12.0 Å². The number of hydrogen-bond donors (Lipinski definition) is 3. The summed E-state index contributed by atoms with van der Waals surface area (Å²) in [5.41, 5.74) is 0.828. The van der Waals surface area contributed by atoms with Gasteiger partial charge in [-0.3, -0.25) is 4.79 Å². The molecule has 0 radical (unpaired) electrons. The average molecular weight is 207 g/mol. The number of benzene rings is 1. The molecule has 1 aromatic carbocycles. The van der Waals surface area contributed by atoms with Crippen LogP contribution in [-0.4, -0.2) is 28.8 Å². The lowest BCUT2D eigenvalue weighted by molar-refractivity contribution is -0.139. The molecule has 0 aliphatic carbocycles. The number of rotatable bonds is 2. The molecular weight excluding hydrogens is 194 g/mol. The number of carbonyl (C=O) groups is 1. The molecule has 4 nitrogen and oxygen atoms in total. The zero-order valence-corrected chi connectivity index (χ0v) is 8.18. The molecule has 1 saturated heterocycles. The molecule has 0 saturated carbocycles. The summed E-state index contributed by atoms with van der Waals surface area (Å²) in [5, 5.41) is 21.4. The fourth-order valence-electron chi connectivity index (χ4n) is 1.99. The molecule has 0 bridgehead atoms. The van der Waals surface area contributed by atoms with Crippen molar-refractivity contribution in [3.8, 4) is 5.75 Å². The predicted octanol–water partition coefficient (Wildman–Crippen LogP) is 0.922. The summed E-state index contributed by atoms with van der Waals surface area (Å²) in [7, 11) is 0. The molecule has 2 rings (SSSR count). The monoisotopic (exact) mass is 207 g/mol. The van der Waals surface area contributed by atoms with Gasteiger partial charge in [0, 0.05) is 12.5 Å². The Labute approximate surface area is 87.6 Å². The van der Waals surface area contributed by atoms with Crippen LogP contribution in [0, 0.1) is 0 Å². The highest BCUT2D eigenvalue weighted by atomic mass is 16.4. The zero-order chi connectivity index (χ0) is 10.8. The number of hydrogen-bond acceptors (Lipinski definition) is 3. The summed E-state index contributed by atoms with van der Waals surface area (Å²) in [6.45, 7) is 0.606. The van der Waals surface area contributed by atoms with Crippen LogP contribution in [0.25, 0.3) is 0 Å². The van der Waals surface area contributed by atoms with Gasteiger partial charge in [0.15, 0.2) is 0 Å². The van der Waals surface area contributed by atoms with Crippen molar-refractivity contribution >= 4 is 5.97 Å². The summed E-state index contributed by atoms with van der Waals surface area (Å²) >= 11 is 0. The van der Waals surface area contributed by atoms with Gasteiger partial charge in [0.2, 0.25) is 0 Å². The molecule has 4 heteroatoms. The standard InChI is InChI=1S/C11H13NO3/c13-10-4-2-1-3-8(10)7-5-9(11(14)15)12-6-7/h1-4,7,9,12-13H,5-6H2,(H,14,15). The van der Waals surface area contributed by atoms with Crippen molar-refractivity contribution in [1.29, 1.82) is 0 Å². The first-order chi connectivity index (χ1) is 7.18. The maximum absolute atomic E-state index is 10.7. The predicted molar refractivity (Wildman–Crippen MR) is 54.9 cm³/mol. The summed E-state index contributed by atoms with van der Waals surface area (Å²) < 4.78 is 0. The van der Waals surface area contributed by atoms with E-state index in [0.717, 1.165) is 5.56 Å². The smallest absolute Gasteiger partial charge is 0.320 e. The summed E-state index contributed by atoms with van der Waals surface area (Å²) in [6, 6.07) is 6.59. The fraction of sp³-hybridized carbons (Fsp3) is 0.364. The lowest BCUT2D eigenvalue weighted by Gasteiger charge is -2.10. The number of phenolic OH excluding ortho intramolecular Hbond substituents is 1. The minimum Gasteiger partial charge on any atom is -0.508 e. The minimum absolute atomic E-state index is 0.0901. The third kappa shape index (κ3) is 1.94. The number of carboxylic acid groups (broad SMARTS) is 1. The van der Waals surface area contributed by atoms with Gasteiger partial charge >= 0.3 is 5.97 Å². The van der Waals surface area contributed by atoms with E-state index >= 15 is 0 Å². The quantitative estimate of drug-likeness (QED) is 0.674. The number of carboxylic acids is 1. The van der Waals surface area contributed by atoms with E-state index in [0.29, 0.717) is 13.0 Å². The Morgan fingerprint density at radius 3 is 2.73 bits per heavy atom. The SMILES string of the molecule is O=C(O)C1CC(c2ccccc2O)CN1. The van der Waals surface area contributed by atoms with Crippen LogP contribution in [0.1, 0.15) is 17.9 Å². The van der Waals surface area contributed by atoms with Crippen molar-refractivity contribution < 1.29 is 15.0 Å². The lowest BCUT2D eigenvalue weighted by atomic mass is 9.95. The first-order valence-corrected chi connectivity index (χ1v) is 4.92. The second kappa shape index (κ2) is 3.90. The van der Waals surface area contributed by atoms with Gasteiger partial charge < -0.3 is 15.5 Å². The summed E-state index contributed by atoms with van der Waals surface area (Å²) in [4.78, 5) is 10.7. The molecule has 80 valence electrons. The molecule has 1 aromatic rings. The molecule has 15 heavy (non-hydrogen) atoms. The van der Waals surface area contributed by atoms with Gasteiger partial charge in [0.1, 0.15) is 11.8 Å². The molecule has 0 amide bonds. The van der Waals surface area contributed by atoms with Crippen molar-refractivity contribution in [1.82, 2.24) is 5.32 Å². The van der Waals surface area contributed by atoms with Crippen LogP contribution in [0.4, 0.5) is 0 Å². The topological polar surface area (TPSA) is 69.6 Å². The Balaban J connectivity index is 2.14. The Bertz CT molecular complexity index is 378. The van der Waals surface area contributed by atoms with E-state index in [1.807, 2.05) is 12.1 Å². The molecular formula is C11H13NO3. The second-order valence-corrected chi connectivity index (χ2v) is 3.79. The van der Waals surface area contributed by atoms with Crippen LogP contribution in [0.3, 0.4) is 0 Å². The van der Waals surface area contributed by atoms with Crippen molar-refractivity contribution in [2.75, 3.05) is 6.54 Å². The number of phenols is 1. The molecule has 1 aliphatic rings. The molecule has 1 aliphatic heterocycles. The molecule has 2 atom stereocenters. The van der Waals surface area contributed by atoms with Crippen LogP contribution in [0.2, 0.25) is 0 Å². The molecule has 3 N–H and O–H groups in total. The summed E-state index contributed by atoms with van der Waals surface area (Å²) in [5.74, 6) is -0.490. The molecule has 1 heterocycles. The van der Waals surface area contributed by atoms with Crippen LogP contribution in [-0.2, 0) is 4.79 Å². The zero-order valence-electron chi connectivity index (χ0n) is 8.18. The van der Waals surface area contributed by atoms with Gasteiger partial charge in [-0.15, -0.1) is 0 Å². The number of para-hydroxylation sites is 1. The van der Waals surface area contributed by atoms with Crippen LogP contribution in [0.15, 0.2) is 24.3 Å². The van der Waals surface area contributed by atoms with Crippen LogP contribution >= 0.6 is 0 Å². The van der Waals surface area contributed by atoms with E-state index in [1.165, 1.54) is 0 Å². The fourth-order valence-corrected chi connectivity index (χ4v) is 1.99. The van der Waals surface area contributed by atoms with E-state index in [4.69, 9.17) is 5.11 Å². The van der Waals surface area contributed by atoms with Crippen LogP contribution < -0.4 is 5.32 Å². The number of aromatic hydroxyl groups is 1. The Kier molecular flexibility index (Phi) is 2.60. The average Bonchev–Trinajstić information content (AvgIpc) is 2.67. The molecule has 0 aromatic heterocycles. The highest BCUT2D eigenvalue weighted by Crippen LogP contribution is 2.31. The lowest BCUT2D eigenvalue weighted by Crippen LogP contribution is -2.29. The maximum atomic E-state index is 10.7. The maximum Gasteiger partial charge on any atom is 0.320 e. The van der Waals surface area contributed by atoms with E-state index in [2.05, 4.69) is 5.32 Å². The summed E-state index contributed by atoms with van der Waals surface area (Å²) in [6.07, 6.45) is 0.535. The normalized spacial score (nSPS) is 25.3. The number of nitrogens with one attached hydrogen (secondary N) is 1. The largest absolute Gasteiger partial charge is 0.508 e. The van der Waals surface area contributed by atoms with Gasteiger partial charge in [-0.2, -0.15) is 0 Å². The molecule has 2 unspecified atom stereocenters. The van der Waals surface area contributed by atoms with Crippen molar-refractivity contribution in [2.24, 2.45) is 0 Å². The van der Waals surface area contributed by atoms with E-state index in [-0.39, 0.29) is 11.7 Å². The second-order valence-electron chi connectivity index (χ2n) is 3.79. The van der Waals surface area contributed by atoms with Gasteiger partial charge in [0.25, 0.3) is 0 Å². The Morgan fingerprint density at radius 1 is 1.40 bits per heavy atom. The number of aliphatic carboxylic acids is 1. The van der Waals surface area contributed by atoms with Gasteiger partial charge in [-0.25, -0.2) is 0 Å². The minimum atomic E-state index is -0.826. The van der Waals surface area contributed by atoms with E-state index in [9.17, 15) is 9.90 Å². The highest BCUT2D eigenvalue weighted by molar-refractivity contribution is 5.74. The molecule has 0 spiro atoms. The van der Waals surface area contributed by atoms with Crippen molar-refractivity contribution in [3.05, 3.63) is 29.8 Å². The Morgan fingerprint density at radius 2 is 2.13 bits per heavy atom. The van der Waals surface area contributed by atoms with Crippen molar-refractivity contribution in [3.63, 3.8) is 0 Å². The first-order valence-electron chi connectivity index (χ1n) is 4.92. The third-order valence-electron chi connectivity index (χ3n) is 2.81. The highest BCUT2D eigenvalue weighted by Gasteiger charge is 2.30. The van der Waals surface area contributed by atoms with E-state index in [1.54, 1.807) is 12.1 Å². The Hall–Kier alpha value is -1.55. The van der Waals surface area contributed by atoms with Crippen LogP contribution in [0.5, 0.6) is 5.75 Å².